The summed E-state index contributed by atoms with van der Waals surface area (Å²) in [5, 5.41) is 3.06. The van der Waals surface area contributed by atoms with Crippen LogP contribution in [0.5, 0.6) is 0 Å². The van der Waals surface area contributed by atoms with Crippen LogP contribution in [0, 0.1) is 12.8 Å². The lowest BCUT2D eigenvalue weighted by Gasteiger charge is -2.33. The Labute approximate surface area is 174 Å². The second-order valence-corrected chi connectivity index (χ2v) is 9.54. The molecule has 1 aromatic carbocycles. The van der Waals surface area contributed by atoms with E-state index in [0.29, 0.717) is 48.7 Å². The normalized spacial score (nSPS) is 20.6. The van der Waals surface area contributed by atoms with Crippen molar-refractivity contribution in [1.82, 2.24) is 10.2 Å². The molecule has 0 spiro atoms. The lowest BCUT2D eigenvalue weighted by atomic mass is 9.94. The number of aryl methyl sites for hydroxylation is 1. The zero-order chi connectivity index (χ0) is 21.2. The number of carbonyl (C=O) groups excluding carboxylic acids is 1. The fourth-order valence-corrected chi connectivity index (χ4v) is 5.41. The summed E-state index contributed by atoms with van der Waals surface area (Å²) in [6, 6.07) is 7.72. The van der Waals surface area contributed by atoms with Gasteiger partial charge in [0.05, 0.1) is 0 Å². The van der Waals surface area contributed by atoms with Crippen molar-refractivity contribution in [3.05, 3.63) is 41.0 Å². The zero-order valence-corrected chi connectivity index (χ0v) is 18.6. The van der Waals surface area contributed by atoms with Crippen LogP contribution in [0.4, 0.5) is 0 Å². The second-order valence-electron chi connectivity index (χ2n) is 8.00. The van der Waals surface area contributed by atoms with E-state index in [4.69, 9.17) is 0 Å². The quantitative estimate of drug-likeness (QED) is 0.795. The molecule has 1 fully saturated rings. The van der Waals surface area contributed by atoms with Gasteiger partial charge in [0.15, 0.2) is 0 Å². The van der Waals surface area contributed by atoms with Crippen LogP contribution in [0.15, 0.2) is 34.2 Å². The number of amides is 1. The van der Waals surface area contributed by atoms with Crippen LogP contribution in [0.3, 0.4) is 0 Å². The number of rotatable bonds is 5. The number of benzene rings is 1. The van der Waals surface area contributed by atoms with Crippen molar-refractivity contribution in [1.29, 1.82) is 0 Å². The van der Waals surface area contributed by atoms with Crippen molar-refractivity contribution < 1.29 is 13.2 Å². The number of hydrogen-bond acceptors (Lipinski definition) is 4. The molecule has 2 heterocycles. The Morgan fingerprint density at radius 3 is 2.38 bits per heavy atom. The van der Waals surface area contributed by atoms with Crippen molar-refractivity contribution in [3.8, 4) is 0 Å². The van der Waals surface area contributed by atoms with Crippen molar-refractivity contribution in [3.63, 3.8) is 0 Å². The molecule has 1 atom stereocenters. The first-order chi connectivity index (χ1) is 13.8. The molecule has 158 valence electrons. The molecule has 7 heteroatoms. The highest BCUT2D eigenvalue weighted by Crippen LogP contribution is 2.36. The summed E-state index contributed by atoms with van der Waals surface area (Å²) in [5.74, 6) is 0.639. The van der Waals surface area contributed by atoms with Crippen LogP contribution in [-0.2, 0) is 14.8 Å². The highest BCUT2D eigenvalue weighted by molar-refractivity contribution is 8.00. The predicted octanol–water partition coefficient (Wildman–Crippen LogP) is 3.48. The zero-order valence-electron chi connectivity index (χ0n) is 17.7. The maximum atomic E-state index is 12.9. The number of likely N-dealkylation sites (tertiary alicyclic amines) is 1. The Hall–Kier alpha value is -2.15. The molecule has 0 aliphatic carbocycles. The SMILES string of the molecule is CCC1=C(c2ccc(C)cc2)S(=O)(=O)N=C1N1CCC(C(=O)N[C@H](C)CC)CC1. The van der Waals surface area contributed by atoms with Gasteiger partial charge < -0.3 is 10.2 Å². The van der Waals surface area contributed by atoms with Crippen LogP contribution < -0.4 is 5.32 Å². The van der Waals surface area contributed by atoms with E-state index in [2.05, 4.69) is 16.6 Å². The number of carbonyl (C=O) groups is 1. The molecule has 29 heavy (non-hydrogen) atoms. The van der Waals surface area contributed by atoms with Crippen molar-refractivity contribution in [2.45, 2.75) is 59.4 Å². The molecule has 0 aromatic heterocycles. The number of nitrogens with zero attached hydrogens (tertiary/aromatic N) is 2. The predicted molar refractivity (Wildman–Crippen MR) is 117 cm³/mol. The summed E-state index contributed by atoms with van der Waals surface area (Å²) < 4.78 is 29.9. The standard InChI is InChI=1S/C22H31N3O3S/c1-5-16(4)23-22(26)18-11-13-25(14-12-18)21-19(6-2)20(29(27,28)24-21)17-9-7-15(3)8-10-17/h7-10,16,18H,5-6,11-14H2,1-4H3,(H,23,26)/t16-/m1/s1. The largest absolute Gasteiger partial charge is 0.356 e. The molecule has 0 saturated carbocycles. The molecule has 1 amide bonds. The van der Waals surface area contributed by atoms with E-state index < -0.39 is 10.0 Å². The van der Waals surface area contributed by atoms with Crippen LogP contribution in [0.1, 0.15) is 57.6 Å². The van der Waals surface area contributed by atoms with E-state index in [1.165, 1.54) is 0 Å². The molecule has 1 aromatic rings. The maximum absolute atomic E-state index is 12.9. The number of hydrogen-bond donors (Lipinski definition) is 1. The summed E-state index contributed by atoms with van der Waals surface area (Å²) in [6.45, 7) is 9.28. The van der Waals surface area contributed by atoms with Crippen molar-refractivity contribution >= 4 is 26.7 Å². The molecular formula is C22H31N3O3S. The third-order valence-electron chi connectivity index (χ3n) is 5.84. The van der Waals surface area contributed by atoms with Crippen molar-refractivity contribution in [2.24, 2.45) is 10.3 Å². The fourth-order valence-electron chi connectivity index (χ4n) is 3.88. The molecule has 0 unspecified atom stereocenters. The van der Waals surface area contributed by atoms with E-state index in [-0.39, 0.29) is 17.9 Å². The van der Waals surface area contributed by atoms with Gasteiger partial charge in [0.25, 0.3) is 10.0 Å². The Morgan fingerprint density at radius 1 is 1.21 bits per heavy atom. The summed E-state index contributed by atoms with van der Waals surface area (Å²) in [7, 11) is -3.72. The molecule has 6 nitrogen and oxygen atoms in total. The summed E-state index contributed by atoms with van der Waals surface area (Å²) in [6.07, 6.45) is 2.91. The molecule has 2 aliphatic rings. The van der Waals surface area contributed by atoms with Gasteiger partial charge in [0.2, 0.25) is 5.91 Å². The van der Waals surface area contributed by atoms with E-state index in [1.54, 1.807) is 0 Å². The highest BCUT2D eigenvalue weighted by atomic mass is 32.2. The van der Waals surface area contributed by atoms with Crippen molar-refractivity contribution in [2.75, 3.05) is 13.1 Å². The van der Waals surface area contributed by atoms with Crippen LogP contribution in [0.25, 0.3) is 4.91 Å². The van der Waals surface area contributed by atoms with Gasteiger partial charge in [-0.3, -0.25) is 4.79 Å². The summed E-state index contributed by atoms with van der Waals surface area (Å²) in [5.41, 5.74) is 2.55. The average Bonchev–Trinajstić information content (AvgIpc) is 2.99. The maximum Gasteiger partial charge on any atom is 0.285 e. The van der Waals surface area contributed by atoms with Crippen LogP contribution in [-0.4, -0.2) is 44.2 Å². The molecule has 1 saturated heterocycles. The Kier molecular flexibility index (Phi) is 6.46. The number of nitrogens with one attached hydrogen (secondary N) is 1. The number of amidine groups is 1. The monoisotopic (exact) mass is 417 g/mol. The summed E-state index contributed by atoms with van der Waals surface area (Å²) >= 11 is 0. The third-order valence-corrected chi connectivity index (χ3v) is 7.25. The lowest BCUT2D eigenvalue weighted by molar-refractivity contribution is -0.126. The number of piperidine rings is 1. The Morgan fingerprint density at radius 2 is 1.83 bits per heavy atom. The molecule has 3 rings (SSSR count). The first kappa shape index (κ1) is 21.6. The first-order valence-electron chi connectivity index (χ1n) is 10.5. The lowest BCUT2D eigenvalue weighted by Crippen LogP contribution is -2.44. The molecule has 2 aliphatic heterocycles. The minimum atomic E-state index is -3.72. The minimum absolute atomic E-state index is 0.0236. The van der Waals surface area contributed by atoms with Gasteiger partial charge in [-0.05, 0) is 45.1 Å². The van der Waals surface area contributed by atoms with E-state index in [1.807, 2.05) is 49.9 Å². The van der Waals surface area contributed by atoms with Gasteiger partial charge >= 0.3 is 0 Å². The van der Waals surface area contributed by atoms with Gasteiger partial charge in [-0.2, -0.15) is 8.42 Å². The molecular weight excluding hydrogens is 386 g/mol. The van der Waals surface area contributed by atoms with E-state index in [9.17, 15) is 13.2 Å². The van der Waals surface area contributed by atoms with Gasteiger partial charge in [0.1, 0.15) is 10.7 Å². The minimum Gasteiger partial charge on any atom is -0.356 e. The topological polar surface area (TPSA) is 78.8 Å². The molecule has 0 bridgehead atoms. The Balaban J connectivity index is 1.79. The highest BCUT2D eigenvalue weighted by Gasteiger charge is 2.36. The van der Waals surface area contributed by atoms with Gasteiger partial charge in [-0.15, -0.1) is 4.40 Å². The van der Waals surface area contributed by atoms with Gasteiger partial charge in [-0.1, -0.05) is 43.7 Å². The van der Waals surface area contributed by atoms with E-state index >= 15 is 0 Å². The Bertz CT molecular complexity index is 925. The molecule has 1 N–H and O–H groups in total. The van der Waals surface area contributed by atoms with Crippen LogP contribution >= 0.6 is 0 Å². The summed E-state index contributed by atoms with van der Waals surface area (Å²) in [4.78, 5) is 14.8. The van der Waals surface area contributed by atoms with E-state index in [0.717, 1.165) is 17.6 Å². The van der Waals surface area contributed by atoms with Crippen LogP contribution in [0.2, 0.25) is 0 Å². The fraction of sp³-hybridized carbons (Fsp3) is 0.545. The average molecular weight is 418 g/mol. The third kappa shape index (κ3) is 4.55. The number of sulfonamides is 1. The second kappa shape index (κ2) is 8.69. The smallest absolute Gasteiger partial charge is 0.285 e. The first-order valence-corrected chi connectivity index (χ1v) is 11.9. The van der Waals surface area contributed by atoms with Gasteiger partial charge in [-0.25, -0.2) is 0 Å². The molecule has 0 radical (unpaired) electrons. The van der Waals surface area contributed by atoms with Gasteiger partial charge in [0, 0.05) is 30.6 Å².